The summed E-state index contributed by atoms with van der Waals surface area (Å²) in [5, 5.41) is 5.70. The summed E-state index contributed by atoms with van der Waals surface area (Å²) in [6, 6.07) is 13.2. The van der Waals surface area contributed by atoms with E-state index in [0.29, 0.717) is 17.0 Å². The first kappa shape index (κ1) is 20.0. The van der Waals surface area contributed by atoms with Gasteiger partial charge in [0, 0.05) is 16.3 Å². The molecule has 2 amide bonds. The molecule has 28 heavy (non-hydrogen) atoms. The first-order valence-electron chi connectivity index (χ1n) is 9.05. The van der Waals surface area contributed by atoms with E-state index in [2.05, 4.69) is 10.6 Å². The molecule has 2 aromatic carbocycles. The molecule has 0 radical (unpaired) electrons. The van der Waals surface area contributed by atoms with Crippen LogP contribution in [0.15, 0.2) is 58.6 Å². The highest BCUT2D eigenvalue weighted by Crippen LogP contribution is 2.33. The average molecular weight is 397 g/mol. The van der Waals surface area contributed by atoms with Crippen LogP contribution in [0.1, 0.15) is 28.3 Å². The lowest BCUT2D eigenvalue weighted by Crippen LogP contribution is -2.46. The monoisotopic (exact) mass is 396 g/mol. The SMILES string of the molecule is COC(=O)C1=C(CSc2ccccc2C)NC(=O)N[C@@H]1c1cc(C)ccc1C. The Morgan fingerprint density at radius 3 is 2.57 bits per heavy atom. The second-order valence-electron chi connectivity index (χ2n) is 6.83. The number of benzene rings is 2. The van der Waals surface area contributed by atoms with Crippen molar-refractivity contribution in [3.05, 3.63) is 76.0 Å². The third kappa shape index (κ3) is 4.22. The van der Waals surface area contributed by atoms with Crippen LogP contribution in [-0.2, 0) is 9.53 Å². The van der Waals surface area contributed by atoms with Crippen molar-refractivity contribution in [3.63, 3.8) is 0 Å². The number of esters is 1. The number of aryl methyl sites for hydroxylation is 3. The number of methoxy groups -OCH3 is 1. The molecular formula is C22H24N2O3S. The number of amides is 2. The minimum absolute atomic E-state index is 0.320. The first-order valence-corrected chi connectivity index (χ1v) is 10.0. The van der Waals surface area contributed by atoms with E-state index in [9.17, 15) is 9.59 Å². The van der Waals surface area contributed by atoms with Crippen LogP contribution < -0.4 is 10.6 Å². The second kappa shape index (κ2) is 8.52. The van der Waals surface area contributed by atoms with Gasteiger partial charge in [0.1, 0.15) is 0 Å². The van der Waals surface area contributed by atoms with Crippen LogP contribution in [0.25, 0.3) is 0 Å². The maximum Gasteiger partial charge on any atom is 0.338 e. The zero-order valence-corrected chi connectivity index (χ0v) is 17.3. The van der Waals surface area contributed by atoms with Crippen molar-refractivity contribution in [1.29, 1.82) is 0 Å². The van der Waals surface area contributed by atoms with Gasteiger partial charge >= 0.3 is 12.0 Å². The lowest BCUT2D eigenvalue weighted by molar-refractivity contribution is -0.136. The van der Waals surface area contributed by atoms with Gasteiger partial charge < -0.3 is 15.4 Å². The van der Waals surface area contributed by atoms with Crippen molar-refractivity contribution in [2.24, 2.45) is 0 Å². The van der Waals surface area contributed by atoms with E-state index in [-0.39, 0.29) is 6.03 Å². The third-order valence-electron chi connectivity index (χ3n) is 4.77. The standard InChI is InChI=1S/C22H24N2O3S/c1-13-9-10-14(2)16(11-13)20-19(21(25)27-4)17(23-22(26)24-20)12-28-18-8-6-5-7-15(18)3/h5-11,20H,12H2,1-4H3,(H2,23,24,26)/t20-/m1/s1. The molecule has 0 saturated heterocycles. The molecule has 1 heterocycles. The Bertz CT molecular complexity index is 953. The van der Waals surface area contributed by atoms with Crippen molar-refractivity contribution in [2.45, 2.75) is 31.7 Å². The summed E-state index contributed by atoms with van der Waals surface area (Å²) in [5.41, 5.74) is 5.14. The molecule has 2 N–H and O–H groups in total. The van der Waals surface area contributed by atoms with E-state index in [1.807, 2.05) is 63.2 Å². The Morgan fingerprint density at radius 2 is 1.86 bits per heavy atom. The first-order chi connectivity index (χ1) is 13.4. The minimum atomic E-state index is -0.548. The van der Waals surface area contributed by atoms with Crippen LogP contribution in [0, 0.1) is 20.8 Å². The van der Waals surface area contributed by atoms with Crippen molar-refractivity contribution in [3.8, 4) is 0 Å². The Balaban J connectivity index is 2.03. The fourth-order valence-electron chi connectivity index (χ4n) is 3.26. The highest BCUT2D eigenvalue weighted by molar-refractivity contribution is 7.99. The summed E-state index contributed by atoms with van der Waals surface area (Å²) in [6.07, 6.45) is 0. The van der Waals surface area contributed by atoms with Gasteiger partial charge in [0.05, 0.1) is 18.7 Å². The number of rotatable bonds is 5. The third-order valence-corrected chi connectivity index (χ3v) is 5.97. The van der Waals surface area contributed by atoms with Crippen molar-refractivity contribution in [2.75, 3.05) is 12.9 Å². The molecule has 0 unspecified atom stereocenters. The van der Waals surface area contributed by atoms with Gasteiger partial charge in [0.15, 0.2) is 0 Å². The van der Waals surface area contributed by atoms with E-state index < -0.39 is 12.0 Å². The zero-order valence-electron chi connectivity index (χ0n) is 16.5. The summed E-state index contributed by atoms with van der Waals surface area (Å²) in [4.78, 5) is 26.1. The molecule has 0 saturated carbocycles. The van der Waals surface area contributed by atoms with Gasteiger partial charge in [-0.15, -0.1) is 11.8 Å². The molecule has 1 aliphatic rings. The highest BCUT2D eigenvalue weighted by atomic mass is 32.2. The fourth-order valence-corrected chi connectivity index (χ4v) is 4.25. The van der Waals surface area contributed by atoms with Gasteiger partial charge in [-0.3, -0.25) is 0 Å². The quantitative estimate of drug-likeness (QED) is 0.588. The summed E-state index contributed by atoms with van der Waals surface area (Å²) < 4.78 is 5.06. The van der Waals surface area contributed by atoms with Crippen LogP contribution in [0.5, 0.6) is 0 Å². The Labute approximate surface area is 169 Å². The van der Waals surface area contributed by atoms with E-state index in [4.69, 9.17) is 4.74 Å². The predicted octanol–water partition coefficient (Wildman–Crippen LogP) is 4.19. The number of urea groups is 1. The van der Waals surface area contributed by atoms with E-state index in [1.165, 1.54) is 7.11 Å². The van der Waals surface area contributed by atoms with E-state index >= 15 is 0 Å². The smallest absolute Gasteiger partial charge is 0.338 e. The predicted molar refractivity (Wildman–Crippen MR) is 111 cm³/mol. The van der Waals surface area contributed by atoms with Crippen LogP contribution in [0.4, 0.5) is 4.79 Å². The molecule has 5 nitrogen and oxygen atoms in total. The fraction of sp³-hybridized carbons (Fsp3) is 0.273. The van der Waals surface area contributed by atoms with Gasteiger partial charge in [0.25, 0.3) is 0 Å². The molecular weight excluding hydrogens is 372 g/mol. The normalized spacial score (nSPS) is 16.4. The number of nitrogens with one attached hydrogen (secondary N) is 2. The molecule has 0 aromatic heterocycles. The number of hydrogen-bond acceptors (Lipinski definition) is 4. The van der Waals surface area contributed by atoms with Crippen LogP contribution in [0.2, 0.25) is 0 Å². The van der Waals surface area contributed by atoms with Gasteiger partial charge in [-0.2, -0.15) is 0 Å². The number of hydrogen-bond donors (Lipinski definition) is 2. The molecule has 0 fully saturated rings. The van der Waals surface area contributed by atoms with Crippen molar-refractivity contribution < 1.29 is 14.3 Å². The number of carbonyl (C=O) groups excluding carboxylic acids is 2. The van der Waals surface area contributed by atoms with Crippen LogP contribution in [-0.4, -0.2) is 24.9 Å². The van der Waals surface area contributed by atoms with Crippen molar-refractivity contribution >= 4 is 23.8 Å². The van der Waals surface area contributed by atoms with Gasteiger partial charge in [0.2, 0.25) is 0 Å². The molecule has 0 bridgehead atoms. The lowest BCUT2D eigenvalue weighted by atomic mass is 9.91. The molecule has 0 aliphatic carbocycles. The Hall–Kier alpha value is -2.73. The number of thioether (sulfide) groups is 1. The van der Waals surface area contributed by atoms with Gasteiger partial charge in [-0.25, -0.2) is 9.59 Å². The molecule has 2 aromatic rings. The summed E-state index contributed by atoms with van der Waals surface area (Å²) in [7, 11) is 1.36. The number of ether oxygens (including phenoxy) is 1. The van der Waals surface area contributed by atoms with Gasteiger partial charge in [-0.1, -0.05) is 42.0 Å². The Morgan fingerprint density at radius 1 is 1.11 bits per heavy atom. The summed E-state index contributed by atoms with van der Waals surface area (Å²) in [6.45, 7) is 6.00. The molecule has 3 rings (SSSR count). The molecule has 1 atom stereocenters. The number of carbonyl (C=O) groups is 2. The highest BCUT2D eigenvalue weighted by Gasteiger charge is 2.34. The maximum absolute atomic E-state index is 12.7. The molecule has 146 valence electrons. The maximum atomic E-state index is 12.7. The van der Waals surface area contributed by atoms with Crippen LogP contribution in [0.3, 0.4) is 0 Å². The van der Waals surface area contributed by atoms with Crippen molar-refractivity contribution in [1.82, 2.24) is 10.6 Å². The second-order valence-corrected chi connectivity index (χ2v) is 7.85. The summed E-state index contributed by atoms with van der Waals surface area (Å²) in [5.74, 6) is 0.0168. The average Bonchev–Trinajstić information content (AvgIpc) is 2.68. The lowest BCUT2D eigenvalue weighted by Gasteiger charge is -2.30. The topological polar surface area (TPSA) is 67.4 Å². The summed E-state index contributed by atoms with van der Waals surface area (Å²) >= 11 is 1.58. The van der Waals surface area contributed by atoms with E-state index in [0.717, 1.165) is 27.1 Å². The zero-order chi connectivity index (χ0) is 20.3. The largest absolute Gasteiger partial charge is 0.466 e. The van der Waals surface area contributed by atoms with E-state index in [1.54, 1.807) is 11.8 Å². The van der Waals surface area contributed by atoms with Crippen LogP contribution >= 0.6 is 11.8 Å². The molecule has 1 aliphatic heterocycles. The molecule has 0 spiro atoms. The Kier molecular flexibility index (Phi) is 6.09. The minimum Gasteiger partial charge on any atom is -0.466 e. The molecule has 6 heteroatoms. The van der Waals surface area contributed by atoms with Gasteiger partial charge in [-0.05, 0) is 43.5 Å².